The van der Waals surface area contributed by atoms with Gasteiger partial charge in [0.1, 0.15) is 17.9 Å². The van der Waals surface area contributed by atoms with E-state index in [1.807, 2.05) is 13.2 Å². The first-order valence-corrected chi connectivity index (χ1v) is 8.55. The molecule has 0 aliphatic rings. The van der Waals surface area contributed by atoms with Crippen molar-refractivity contribution in [3.63, 3.8) is 0 Å². The highest BCUT2D eigenvalue weighted by Crippen LogP contribution is 2.35. The summed E-state index contributed by atoms with van der Waals surface area (Å²) in [4.78, 5) is 14.9. The summed E-state index contributed by atoms with van der Waals surface area (Å²) < 4.78 is 10.4. The van der Waals surface area contributed by atoms with E-state index in [-0.39, 0.29) is 19.1 Å². The van der Waals surface area contributed by atoms with Crippen molar-refractivity contribution in [3.8, 4) is 17.2 Å². The van der Waals surface area contributed by atoms with E-state index in [1.54, 1.807) is 12.1 Å². The number of aryl methyl sites for hydroxylation is 1. The van der Waals surface area contributed by atoms with E-state index >= 15 is 0 Å². The van der Waals surface area contributed by atoms with Crippen molar-refractivity contribution < 1.29 is 14.4 Å². The molecule has 0 unspecified atom stereocenters. The first-order valence-electron chi connectivity index (χ1n) is 7.32. The molecule has 25 heavy (non-hydrogen) atoms. The van der Waals surface area contributed by atoms with Gasteiger partial charge in [-0.3, -0.25) is 10.1 Å². The molecule has 2 aromatic rings. The van der Waals surface area contributed by atoms with Crippen molar-refractivity contribution in [1.82, 2.24) is 4.98 Å². The zero-order chi connectivity index (χ0) is 18.4. The van der Waals surface area contributed by atoms with Crippen LogP contribution in [0.2, 0.25) is 0 Å². The molecule has 0 bridgehead atoms. The summed E-state index contributed by atoms with van der Waals surface area (Å²) in [6, 6.07) is 8.32. The summed E-state index contributed by atoms with van der Waals surface area (Å²) >= 11 is 1.38. The maximum Gasteiger partial charge on any atom is 0.269 e. The molecule has 0 amide bonds. The van der Waals surface area contributed by atoms with Crippen LogP contribution in [0, 0.1) is 28.4 Å². The normalized spacial score (nSPS) is 10.5. The molecule has 7 nitrogen and oxygen atoms in total. The van der Waals surface area contributed by atoms with Crippen molar-refractivity contribution in [2.45, 2.75) is 18.6 Å². The number of thioether (sulfide) groups is 1. The Morgan fingerprint density at radius 2 is 2.04 bits per heavy atom. The zero-order valence-corrected chi connectivity index (χ0v) is 14.9. The second-order valence-electron chi connectivity index (χ2n) is 5.11. The van der Waals surface area contributed by atoms with Crippen molar-refractivity contribution in [2.24, 2.45) is 0 Å². The van der Waals surface area contributed by atoms with Crippen LogP contribution in [0.15, 0.2) is 29.3 Å². The number of nitro groups is 1. The lowest BCUT2D eigenvalue weighted by molar-refractivity contribution is -0.384. The molecule has 1 aromatic carbocycles. The number of pyridine rings is 1. The van der Waals surface area contributed by atoms with Crippen LogP contribution >= 0.6 is 11.8 Å². The summed E-state index contributed by atoms with van der Waals surface area (Å²) in [5.74, 6) is 0. The molecule has 0 saturated heterocycles. The minimum atomic E-state index is -0.456. The van der Waals surface area contributed by atoms with Crippen LogP contribution in [-0.2, 0) is 16.1 Å². The number of nitro benzene ring substituents is 1. The summed E-state index contributed by atoms with van der Waals surface area (Å²) in [5.41, 5.74) is 3.33. The Morgan fingerprint density at radius 1 is 1.36 bits per heavy atom. The Balaban J connectivity index is 2.64. The molecule has 1 aromatic heterocycles. The van der Waals surface area contributed by atoms with E-state index in [1.165, 1.54) is 31.0 Å². The molecule has 0 fully saturated rings. The average Bonchev–Trinajstić information content (AvgIpc) is 2.62. The average molecular weight is 359 g/mol. The minimum Gasteiger partial charge on any atom is -0.359 e. The Labute approximate surface area is 149 Å². The number of ether oxygens (including phenoxy) is 2. The molecule has 0 aliphatic carbocycles. The number of nitriles is 1. The highest BCUT2D eigenvalue weighted by Gasteiger charge is 2.20. The number of hydrogen-bond acceptors (Lipinski definition) is 7. The van der Waals surface area contributed by atoms with Gasteiger partial charge in [-0.1, -0.05) is 0 Å². The fourth-order valence-corrected chi connectivity index (χ4v) is 3.02. The number of methoxy groups -OCH3 is 1. The van der Waals surface area contributed by atoms with Crippen LogP contribution in [0.1, 0.15) is 16.8 Å². The van der Waals surface area contributed by atoms with E-state index in [4.69, 9.17) is 9.47 Å². The topological polar surface area (TPSA) is 98.3 Å². The molecule has 0 spiro atoms. The second-order valence-corrected chi connectivity index (χ2v) is 5.90. The first-order chi connectivity index (χ1) is 12.0. The molecule has 1 heterocycles. The van der Waals surface area contributed by atoms with Gasteiger partial charge < -0.3 is 9.47 Å². The van der Waals surface area contributed by atoms with Gasteiger partial charge >= 0.3 is 0 Å². The first kappa shape index (κ1) is 18.9. The van der Waals surface area contributed by atoms with Gasteiger partial charge in [0.05, 0.1) is 17.1 Å². The molecular weight excluding hydrogens is 342 g/mol. The third-order valence-corrected chi connectivity index (χ3v) is 4.27. The van der Waals surface area contributed by atoms with Gasteiger partial charge in [-0.15, -0.1) is 11.8 Å². The number of benzene rings is 1. The third-order valence-electron chi connectivity index (χ3n) is 3.59. The maximum atomic E-state index is 10.9. The second kappa shape index (κ2) is 8.58. The minimum absolute atomic E-state index is 0.00434. The smallest absolute Gasteiger partial charge is 0.269 e. The Bertz CT molecular complexity index is 816. The van der Waals surface area contributed by atoms with Crippen LogP contribution in [0.4, 0.5) is 5.69 Å². The van der Waals surface area contributed by atoms with Crippen molar-refractivity contribution in [1.29, 1.82) is 5.26 Å². The maximum absolute atomic E-state index is 10.9. The lowest BCUT2D eigenvalue weighted by Gasteiger charge is -2.16. The third kappa shape index (κ3) is 4.14. The molecule has 0 radical (unpaired) electrons. The van der Waals surface area contributed by atoms with Crippen molar-refractivity contribution in [2.75, 3.05) is 20.2 Å². The van der Waals surface area contributed by atoms with Gasteiger partial charge in [0, 0.05) is 36.1 Å². The van der Waals surface area contributed by atoms with Crippen LogP contribution in [0.25, 0.3) is 11.1 Å². The highest BCUT2D eigenvalue weighted by molar-refractivity contribution is 7.98. The molecule has 0 N–H and O–H groups in total. The SMILES string of the molecule is COCOCc1c(C)nc(SC)c(C#N)c1-c1ccc([N+](=O)[O-])cc1. The number of rotatable bonds is 7. The standard InChI is InChI=1S/C17H17N3O4S/c1-11-15(9-24-10-23-2)16(14(8-18)17(19-11)25-3)12-4-6-13(7-5-12)20(21)22/h4-7H,9-10H2,1-3H3. The molecule has 0 saturated carbocycles. The predicted molar refractivity (Wildman–Crippen MR) is 94.2 cm³/mol. The van der Waals surface area contributed by atoms with Crippen LogP contribution in [-0.4, -0.2) is 30.1 Å². The monoisotopic (exact) mass is 359 g/mol. The van der Waals surface area contributed by atoms with E-state index in [0.29, 0.717) is 21.7 Å². The lowest BCUT2D eigenvalue weighted by Crippen LogP contribution is -2.06. The largest absolute Gasteiger partial charge is 0.359 e. The number of hydrogen-bond donors (Lipinski definition) is 0. The van der Waals surface area contributed by atoms with Crippen LogP contribution < -0.4 is 0 Å². The van der Waals surface area contributed by atoms with Gasteiger partial charge in [-0.05, 0) is 30.9 Å². The van der Waals surface area contributed by atoms with Gasteiger partial charge in [0.25, 0.3) is 5.69 Å². The molecule has 0 aliphatic heterocycles. The van der Waals surface area contributed by atoms with E-state index in [2.05, 4.69) is 11.1 Å². The summed E-state index contributed by atoms with van der Waals surface area (Å²) in [7, 11) is 1.53. The summed E-state index contributed by atoms with van der Waals surface area (Å²) in [6.07, 6.45) is 1.85. The highest BCUT2D eigenvalue weighted by atomic mass is 32.2. The Kier molecular flexibility index (Phi) is 6.47. The molecule has 2 rings (SSSR count). The quantitative estimate of drug-likeness (QED) is 0.244. The summed E-state index contributed by atoms with van der Waals surface area (Å²) in [6.45, 7) is 2.19. The van der Waals surface area contributed by atoms with E-state index in [0.717, 1.165) is 11.3 Å². The lowest BCUT2D eigenvalue weighted by atomic mass is 9.95. The fraction of sp³-hybridized carbons (Fsp3) is 0.294. The van der Waals surface area contributed by atoms with Crippen LogP contribution in [0.5, 0.6) is 0 Å². The van der Waals surface area contributed by atoms with Gasteiger partial charge in [-0.25, -0.2) is 4.98 Å². The van der Waals surface area contributed by atoms with Crippen LogP contribution in [0.3, 0.4) is 0 Å². The molecular formula is C17H17N3O4S. The van der Waals surface area contributed by atoms with Gasteiger partial charge in [-0.2, -0.15) is 5.26 Å². The number of non-ortho nitro benzene ring substituents is 1. The molecule has 130 valence electrons. The van der Waals surface area contributed by atoms with E-state index < -0.39 is 4.92 Å². The van der Waals surface area contributed by atoms with Gasteiger partial charge in [0.15, 0.2) is 0 Å². The van der Waals surface area contributed by atoms with E-state index in [9.17, 15) is 15.4 Å². The number of nitrogens with zero attached hydrogens (tertiary/aromatic N) is 3. The zero-order valence-electron chi connectivity index (χ0n) is 14.1. The van der Waals surface area contributed by atoms with Crippen molar-refractivity contribution in [3.05, 3.63) is 51.2 Å². The number of aromatic nitrogens is 1. The fourth-order valence-electron chi connectivity index (χ4n) is 2.44. The van der Waals surface area contributed by atoms with Gasteiger partial charge in [0.2, 0.25) is 0 Å². The molecule has 0 atom stereocenters. The predicted octanol–water partition coefficient (Wildman–Crippen LogP) is 3.68. The molecule has 8 heteroatoms. The Morgan fingerprint density at radius 3 is 2.56 bits per heavy atom. The Hall–Kier alpha value is -2.47. The summed E-state index contributed by atoms with van der Waals surface area (Å²) in [5, 5.41) is 21.1. The van der Waals surface area contributed by atoms with Crippen molar-refractivity contribution >= 4 is 17.4 Å².